The topological polar surface area (TPSA) is 177 Å². The number of pyridine rings is 4. The van der Waals surface area contributed by atoms with Gasteiger partial charge in [-0.1, -0.05) is 43.3 Å². The number of aliphatic hydroxyl groups is 1. The zero-order chi connectivity index (χ0) is 50.7. The van der Waals surface area contributed by atoms with Gasteiger partial charge in [-0.15, -0.1) is 17.4 Å². The van der Waals surface area contributed by atoms with E-state index in [1.807, 2.05) is 27.7 Å². The van der Waals surface area contributed by atoms with E-state index in [1.165, 1.54) is 55.9 Å². The predicted molar refractivity (Wildman–Crippen MR) is 276 cm³/mol. The lowest BCUT2D eigenvalue weighted by atomic mass is 10.0. The minimum Gasteiger partial charge on any atom is -0.465 e. The van der Waals surface area contributed by atoms with Crippen LogP contribution in [0.1, 0.15) is 72.9 Å². The number of nitrogens with zero attached hydrogens (tertiary/aromatic N) is 4. The standard InChI is InChI=1S/C24H24ClFN4O.C21H17ClFN3O2.C3H9NO.3CH3.Al/c1-5-15(4)29-24(31)19-12-27-9-8-21(19)30-23-11-22(28-13-18(23)14(2)3)17-10-16(25)6-7-20(17)26;1-12(2)15-11-25-19(14-8-13(22)4-5-17(14)23)9-20(15)26-18-6-7-24-10-16(18)21(27)28-3;1-3(4)2-5;;;;/h6-13,15H,2,5H2,1,3-4H3,(H,29,31)(H,27,28,30);4-11H,1H2,2-3H3,(H,24,25,26);3,5H,2,4H2,1H3;3*1H3;/t15-;;3-;;;;/m1.1..../s1. The Labute approximate surface area is 412 Å². The summed E-state index contributed by atoms with van der Waals surface area (Å²) in [5, 5.41) is 18.2. The molecular weight excluding hydrogens is 924 g/mol. The second-order valence-corrected chi connectivity index (χ2v) is 20.6. The van der Waals surface area contributed by atoms with Gasteiger partial charge in [0.1, 0.15) is 17.2 Å². The van der Waals surface area contributed by atoms with Crippen LogP contribution in [0.4, 0.5) is 31.5 Å². The van der Waals surface area contributed by atoms with Crippen LogP contribution in [0.25, 0.3) is 33.7 Å². The van der Waals surface area contributed by atoms with Crippen molar-refractivity contribution in [2.45, 2.75) is 70.5 Å². The summed E-state index contributed by atoms with van der Waals surface area (Å²) in [5.74, 6) is 5.30. The van der Waals surface area contributed by atoms with Gasteiger partial charge in [0.2, 0.25) is 0 Å². The van der Waals surface area contributed by atoms with Crippen molar-refractivity contribution in [2.24, 2.45) is 5.73 Å². The molecule has 12 nitrogen and oxygen atoms in total. The van der Waals surface area contributed by atoms with Gasteiger partial charge >= 0.3 is 5.97 Å². The number of anilines is 4. The zero-order valence-corrected chi connectivity index (χ0v) is 42.5. The number of esters is 1. The van der Waals surface area contributed by atoms with E-state index in [4.69, 9.17) is 38.8 Å². The molecule has 0 spiro atoms. The number of hydrogen-bond acceptors (Lipinski definition) is 11. The fourth-order valence-corrected chi connectivity index (χ4v) is 5.98. The summed E-state index contributed by atoms with van der Waals surface area (Å²) < 4.78 is 33.5. The molecule has 17 heteroatoms. The highest BCUT2D eigenvalue weighted by Crippen LogP contribution is 2.34. The maximum Gasteiger partial charge on any atom is 0.341 e. The molecule has 2 aromatic carbocycles. The maximum absolute atomic E-state index is 14.4. The van der Waals surface area contributed by atoms with Crippen LogP contribution in [0.3, 0.4) is 0 Å². The van der Waals surface area contributed by atoms with Gasteiger partial charge in [-0.3, -0.25) is 24.7 Å². The average Bonchev–Trinajstić information content (AvgIpc) is 3.30. The first kappa shape index (κ1) is 56.3. The molecule has 0 fully saturated rings. The van der Waals surface area contributed by atoms with E-state index in [0.717, 1.165) is 28.7 Å². The molecule has 4 heterocycles. The highest BCUT2D eigenvalue weighted by Gasteiger charge is 2.18. The number of amides is 1. The summed E-state index contributed by atoms with van der Waals surface area (Å²) in [6.07, 6.45) is 10.1. The molecule has 0 unspecified atom stereocenters. The van der Waals surface area contributed by atoms with E-state index >= 15 is 0 Å². The van der Waals surface area contributed by atoms with E-state index in [2.05, 4.69) is 66.4 Å². The molecule has 0 radical (unpaired) electrons. The Morgan fingerprint density at radius 1 is 0.735 bits per heavy atom. The molecule has 2 atom stereocenters. The lowest BCUT2D eigenvalue weighted by molar-refractivity contribution is 0.0601. The molecule has 0 saturated carbocycles. The van der Waals surface area contributed by atoms with Crippen LogP contribution >= 0.6 is 23.2 Å². The molecule has 6 N–H and O–H groups in total. The third-order valence-corrected chi connectivity index (χ3v) is 9.72. The van der Waals surface area contributed by atoms with Crippen molar-refractivity contribution >= 4 is 83.1 Å². The van der Waals surface area contributed by atoms with Gasteiger partial charge in [0.05, 0.1) is 42.0 Å². The molecule has 0 saturated heterocycles. The number of methoxy groups -OCH3 is 1. The number of nitrogens with one attached hydrogen (secondary N) is 3. The number of benzene rings is 2. The molecule has 0 aliphatic carbocycles. The monoisotopic (exact) mass is 982 g/mol. The molecule has 4 aromatic heterocycles. The number of carbonyl (C=O) groups is 2. The largest absolute Gasteiger partial charge is 0.465 e. The summed E-state index contributed by atoms with van der Waals surface area (Å²) >= 11 is 11.9. The van der Waals surface area contributed by atoms with Crippen molar-refractivity contribution in [1.82, 2.24) is 25.3 Å². The Morgan fingerprint density at radius 2 is 1.15 bits per heavy atom. The molecule has 0 aliphatic rings. The fourth-order valence-electron chi connectivity index (χ4n) is 5.63. The van der Waals surface area contributed by atoms with Crippen LogP contribution in [0.5, 0.6) is 0 Å². The molecule has 0 bridgehead atoms. The van der Waals surface area contributed by atoms with Crippen LogP contribution < -0.4 is 21.7 Å². The van der Waals surface area contributed by atoms with Crippen molar-refractivity contribution in [3.63, 3.8) is 0 Å². The van der Waals surface area contributed by atoms with Crippen molar-refractivity contribution in [1.29, 1.82) is 0 Å². The number of ether oxygens (including phenoxy) is 1. The van der Waals surface area contributed by atoms with Crippen LogP contribution in [0.2, 0.25) is 27.4 Å². The number of halogens is 4. The number of carbonyl (C=O) groups excluding carboxylic acids is 2. The summed E-state index contributed by atoms with van der Waals surface area (Å²) in [7, 11) is 1.30. The van der Waals surface area contributed by atoms with Gasteiger partial charge in [0.25, 0.3) is 20.1 Å². The van der Waals surface area contributed by atoms with Crippen molar-refractivity contribution in [3.05, 3.63) is 155 Å². The highest BCUT2D eigenvalue weighted by atomic mass is 35.5. The van der Waals surface area contributed by atoms with Gasteiger partial charge in [0.15, 0.2) is 0 Å². The molecule has 358 valence electrons. The van der Waals surface area contributed by atoms with E-state index in [-0.39, 0.29) is 55.4 Å². The summed E-state index contributed by atoms with van der Waals surface area (Å²) in [6.45, 7) is 17.4. The van der Waals surface area contributed by atoms with E-state index in [1.54, 1.807) is 56.0 Å². The zero-order valence-electron chi connectivity index (χ0n) is 39.8. The maximum atomic E-state index is 14.4. The number of hydrogen-bond donors (Lipinski definition) is 5. The second kappa shape index (κ2) is 27.7. The van der Waals surface area contributed by atoms with Gasteiger partial charge < -0.3 is 31.5 Å². The number of rotatable bonds is 13. The lowest BCUT2D eigenvalue weighted by Crippen LogP contribution is -2.32. The van der Waals surface area contributed by atoms with Crippen molar-refractivity contribution in [3.8, 4) is 22.5 Å². The van der Waals surface area contributed by atoms with E-state index < -0.39 is 17.6 Å². The first-order valence-electron chi connectivity index (χ1n) is 21.6. The number of nitrogens with two attached hydrogens (primary N) is 1. The third-order valence-electron chi connectivity index (χ3n) is 9.24. The van der Waals surface area contributed by atoms with Crippen LogP contribution in [0, 0.1) is 11.6 Å². The number of aliphatic hydroxyl groups excluding tert-OH is 1. The summed E-state index contributed by atoms with van der Waals surface area (Å²) in [6, 6.07) is 15.3. The SMILES string of the molecule is C=C(C)c1cnc(-c2cc(Cl)ccc2F)cc1Nc1ccncc1C(=O)N[C@H](C)CC.C=C(C)c1cnc(-c2cc(Cl)ccc2F)cc1Nc1ccncc1C(=O)OC.C[C@@H](N)CO.[CH3][Al]([CH3])[CH3]. The van der Waals surface area contributed by atoms with Crippen molar-refractivity contribution < 1.29 is 28.2 Å². The summed E-state index contributed by atoms with van der Waals surface area (Å²) in [5.41, 5.74) is 12.4. The van der Waals surface area contributed by atoms with Crippen molar-refractivity contribution in [2.75, 3.05) is 24.4 Å². The molecule has 0 aliphatic heterocycles. The smallest absolute Gasteiger partial charge is 0.341 e. The first-order chi connectivity index (χ1) is 32.2. The van der Waals surface area contributed by atoms with E-state index in [9.17, 15) is 18.4 Å². The highest BCUT2D eigenvalue weighted by molar-refractivity contribution is 6.54. The van der Waals surface area contributed by atoms with Gasteiger partial charge in [-0.05, 0) is 106 Å². The van der Waals surface area contributed by atoms with Crippen LogP contribution in [0.15, 0.2) is 111 Å². The fraction of sp³-hybridized carbons (Fsp3) is 0.255. The third kappa shape index (κ3) is 17.2. The lowest BCUT2D eigenvalue weighted by Gasteiger charge is -2.17. The van der Waals surface area contributed by atoms with E-state index in [0.29, 0.717) is 49.7 Å². The Morgan fingerprint density at radius 3 is 1.53 bits per heavy atom. The van der Waals surface area contributed by atoms with Crippen LogP contribution in [-0.2, 0) is 4.74 Å². The molecule has 6 aromatic rings. The first-order valence-corrected chi connectivity index (χ1v) is 25.8. The molecular formula is C51H59AlCl2F2N8O4. The average molecular weight is 984 g/mol. The Balaban J connectivity index is 0.000000307. The molecule has 1 amide bonds. The number of aromatic nitrogens is 4. The molecule has 6 rings (SSSR count). The number of allylic oxidation sites excluding steroid dienone is 2. The second-order valence-electron chi connectivity index (χ2n) is 16.3. The van der Waals surface area contributed by atoms with Gasteiger partial charge in [0, 0.05) is 92.9 Å². The summed E-state index contributed by atoms with van der Waals surface area (Å²) in [4.78, 5) is 41.5. The van der Waals surface area contributed by atoms with Gasteiger partial charge in [-0.2, -0.15) is 0 Å². The quantitative estimate of drug-likeness (QED) is 0.0550. The van der Waals surface area contributed by atoms with Gasteiger partial charge in [-0.25, -0.2) is 13.6 Å². The minimum atomic E-state index is -0.525. The Kier molecular flexibility index (Phi) is 22.9. The normalized spacial score (nSPS) is 11.1. The minimum absolute atomic E-state index is 0.0323. The Bertz CT molecular complexity index is 2690. The predicted octanol–water partition coefficient (Wildman–Crippen LogP) is 12.4. The Hall–Kier alpha value is -6.05. The molecule has 68 heavy (non-hydrogen) atoms. The van der Waals surface area contributed by atoms with Crippen LogP contribution in [-0.4, -0.2) is 76.9 Å².